The number of halogens is 1. The Labute approximate surface area is 188 Å². The van der Waals surface area contributed by atoms with Crippen LogP contribution < -0.4 is 10.6 Å². The Kier molecular flexibility index (Phi) is 9.63. The zero-order valence-electron chi connectivity index (χ0n) is 16.3. The Hall–Kier alpha value is -1.74. The monoisotopic (exact) mass is 509 g/mol. The summed E-state index contributed by atoms with van der Waals surface area (Å²) >= 11 is 1.85. The lowest BCUT2D eigenvalue weighted by molar-refractivity contribution is 0.788. The van der Waals surface area contributed by atoms with Crippen molar-refractivity contribution in [3.63, 3.8) is 0 Å². The lowest BCUT2D eigenvalue weighted by Gasteiger charge is -2.13. The molecule has 0 amide bonds. The molecule has 5 nitrogen and oxygen atoms in total. The molecule has 1 unspecified atom stereocenters. The number of aromatic nitrogens is 2. The standard InChI is InChI=1S/C21H27N5S.HI/c1-3-22-21(24-15-17(2)27-19-9-5-4-6-10-19)23-13-12-18-16-26-14-8-7-11-20(26)25-18;/h4-11,14,16-17H,3,12-13,15H2,1-2H3,(H2,22,23,24);1H. The largest absolute Gasteiger partial charge is 0.357 e. The van der Waals surface area contributed by atoms with Gasteiger partial charge in [0.1, 0.15) is 5.65 Å². The van der Waals surface area contributed by atoms with E-state index in [1.807, 2.05) is 42.2 Å². The molecule has 0 aliphatic rings. The van der Waals surface area contributed by atoms with Crippen LogP contribution in [-0.2, 0) is 6.42 Å². The van der Waals surface area contributed by atoms with Crippen LogP contribution in [0.15, 0.2) is 70.8 Å². The Morgan fingerprint density at radius 2 is 1.93 bits per heavy atom. The van der Waals surface area contributed by atoms with Gasteiger partial charge < -0.3 is 15.0 Å². The Balaban J connectivity index is 0.00000280. The lowest BCUT2D eigenvalue weighted by atomic mass is 10.3. The molecular formula is C21H28IN5S. The van der Waals surface area contributed by atoms with Gasteiger partial charge in [-0.1, -0.05) is 31.2 Å². The smallest absolute Gasteiger partial charge is 0.191 e. The first-order chi connectivity index (χ1) is 13.2. The van der Waals surface area contributed by atoms with Crippen LogP contribution in [0.25, 0.3) is 5.65 Å². The second-order valence-electron chi connectivity index (χ2n) is 6.34. The van der Waals surface area contributed by atoms with E-state index in [4.69, 9.17) is 4.99 Å². The summed E-state index contributed by atoms with van der Waals surface area (Å²) in [6.45, 7) is 6.71. The predicted molar refractivity (Wildman–Crippen MR) is 130 cm³/mol. The molecule has 0 spiro atoms. The molecule has 2 aromatic heterocycles. The third-order valence-electron chi connectivity index (χ3n) is 4.02. The molecule has 2 heterocycles. The maximum Gasteiger partial charge on any atom is 0.191 e. The third kappa shape index (κ3) is 7.01. The number of imidazole rings is 1. The second kappa shape index (κ2) is 12.0. The van der Waals surface area contributed by atoms with Crippen LogP contribution >= 0.6 is 35.7 Å². The molecule has 0 saturated carbocycles. The first-order valence-electron chi connectivity index (χ1n) is 9.41. The number of nitrogens with one attached hydrogen (secondary N) is 2. The molecule has 0 aliphatic heterocycles. The van der Waals surface area contributed by atoms with E-state index in [0.29, 0.717) is 5.25 Å². The van der Waals surface area contributed by atoms with Crippen molar-refractivity contribution in [1.29, 1.82) is 0 Å². The molecule has 0 fully saturated rings. The molecule has 0 radical (unpaired) electrons. The summed E-state index contributed by atoms with van der Waals surface area (Å²) in [5, 5.41) is 7.15. The highest BCUT2D eigenvalue weighted by Crippen LogP contribution is 2.22. The number of guanidine groups is 1. The molecule has 0 saturated heterocycles. The van der Waals surface area contributed by atoms with Gasteiger partial charge in [0.2, 0.25) is 0 Å². The first kappa shape index (κ1) is 22.5. The molecule has 3 aromatic rings. The van der Waals surface area contributed by atoms with E-state index in [1.165, 1.54) is 4.90 Å². The molecule has 0 aliphatic carbocycles. The van der Waals surface area contributed by atoms with Gasteiger partial charge in [-0.05, 0) is 31.2 Å². The summed E-state index contributed by atoms with van der Waals surface area (Å²) in [7, 11) is 0. The highest BCUT2D eigenvalue weighted by atomic mass is 127. The molecule has 28 heavy (non-hydrogen) atoms. The van der Waals surface area contributed by atoms with Crippen molar-refractivity contribution in [2.24, 2.45) is 4.99 Å². The van der Waals surface area contributed by atoms with Crippen LogP contribution in [0.3, 0.4) is 0 Å². The molecule has 0 bridgehead atoms. The van der Waals surface area contributed by atoms with Gasteiger partial charge in [0.05, 0.1) is 12.2 Å². The summed E-state index contributed by atoms with van der Waals surface area (Å²) in [4.78, 5) is 10.6. The number of hydrogen-bond acceptors (Lipinski definition) is 3. The third-order valence-corrected chi connectivity index (χ3v) is 5.11. The SMILES string of the molecule is CCNC(=NCC(C)Sc1ccccc1)NCCc1cn2ccccc2n1.I. The van der Waals surface area contributed by atoms with E-state index in [1.54, 1.807) is 0 Å². The number of aliphatic imine (C=N–C) groups is 1. The summed E-state index contributed by atoms with van der Waals surface area (Å²) in [6, 6.07) is 16.5. The van der Waals surface area contributed by atoms with Crippen LogP contribution in [0, 0.1) is 0 Å². The number of thioether (sulfide) groups is 1. The average Bonchev–Trinajstić information content (AvgIpc) is 3.09. The van der Waals surface area contributed by atoms with Crippen LogP contribution in [0.4, 0.5) is 0 Å². The first-order valence-corrected chi connectivity index (χ1v) is 10.3. The van der Waals surface area contributed by atoms with Gasteiger partial charge in [0, 0.05) is 42.0 Å². The van der Waals surface area contributed by atoms with E-state index in [0.717, 1.165) is 43.4 Å². The second-order valence-corrected chi connectivity index (χ2v) is 7.85. The number of benzene rings is 1. The number of hydrogen-bond donors (Lipinski definition) is 2. The van der Waals surface area contributed by atoms with Crippen LogP contribution in [0.5, 0.6) is 0 Å². The number of fused-ring (bicyclic) bond motifs is 1. The summed E-state index contributed by atoms with van der Waals surface area (Å²) in [5.41, 5.74) is 2.07. The van der Waals surface area contributed by atoms with Gasteiger partial charge >= 0.3 is 0 Å². The van der Waals surface area contributed by atoms with Gasteiger partial charge in [-0.2, -0.15) is 0 Å². The highest BCUT2D eigenvalue weighted by Gasteiger charge is 2.05. The van der Waals surface area contributed by atoms with Gasteiger partial charge in [-0.25, -0.2) is 4.98 Å². The average molecular weight is 509 g/mol. The Bertz CT molecular complexity index is 832. The van der Waals surface area contributed by atoms with Crippen molar-refractivity contribution in [3.05, 3.63) is 66.6 Å². The number of rotatable bonds is 8. The zero-order chi connectivity index (χ0) is 18.9. The highest BCUT2D eigenvalue weighted by molar-refractivity contribution is 14.0. The van der Waals surface area contributed by atoms with E-state index in [2.05, 4.69) is 64.3 Å². The van der Waals surface area contributed by atoms with Crippen molar-refractivity contribution >= 4 is 47.3 Å². The van der Waals surface area contributed by atoms with Crippen LogP contribution in [0.1, 0.15) is 19.5 Å². The molecule has 3 rings (SSSR count). The van der Waals surface area contributed by atoms with E-state index >= 15 is 0 Å². The van der Waals surface area contributed by atoms with Crippen molar-refractivity contribution in [1.82, 2.24) is 20.0 Å². The van der Waals surface area contributed by atoms with E-state index in [-0.39, 0.29) is 24.0 Å². The van der Waals surface area contributed by atoms with E-state index < -0.39 is 0 Å². The minimum Gasteiger partial charge on any atom is -0.357 e. The van der Waals surface area contributed by atoms with Crippen LogP contribution in [0.2, 0.25) is 0 Å². The lowest BCUT2D eigenvalue weighted by Crippen LogP contribution is -2.38. The van der Waals surface area contributed by atoms with Gasteiger partial charge in [-0.15, -0.1) is 35.7 Å². The predicted octanol–water partition coefficient (Wildman–Crippen LogP) is 4.23. The molecule has 1 atom stereocenters. The zero-order valence-corrected chi connectivity index (χ0v) is 19.5. The summed E-state index contributed by atoms with van der Waals surface area (Å²) in [5.74, 6) is 0.863. The maximum atomic E-state index is 4.73. The fraction of sp³-hybridized carbons (Fsp3) is 0.333. The van der Waals surface area contributed by atoms with Crippen molar-refractivity contribution < 1.29 is 0 Å². The van der Waals surface area contributed by atoms with Gasteiger partial charge in [-0.3, -0.25) is 4.99 Å². The maximum absolute atomic E-state index is 4.73. The minimum absolute atomic E-state index is 0. The quantitative estimate of drug-likeness (QED) is 0.207. The molecule has 7 heteroatoms. The fourth-order valence-electron chi connectivity index (χ4n) is 2.75. The molecule has 1 aromatic carbocycles. The van der Waals surface area contributed by atoms with Gasteiger partial charge in [0.25, 0.3) is 0 Å². The van der Waals surface area contributed by atoms with Crippen molar-refractivity contribution in [2.75, 3.05) is 19.6 Å². The number of pyridine rings is 1. The van der Waals surface area contributed by atoms with E-state index in [9.17, 15) is 0 Å². The molecule has 150 valence electrons. The van der Waals surface area contributed by atoms with Crippen LogP contribution in [-0.4, -0.2) is 40.2 Å². The molecular weight excluding hydrogens is 481 g/mol. The summed E-state index contributed by atoms with van der Waals surface area (Å²) < 4.78 is 2.05. The van der Waals surface area contributed by atoms with Crippen molar-refractivity contribution in [3.8, 4) is 0 Å². The molecule has 2 N–H and O–H groups in total. The minimum atomic E-state index is 0. The van der Waals surface area contributed by atoms with Crippen molar-refractivity contribution in [2.45, 2.75) is 30.4 Å². The Morgan fingerprint density at radius 1 is 1.14 bits per heavy atom. The summed E-state index contributed by atoms with van der Waals surface area (Å²) in [6.07, 6.45) is 4.97. The normalized spacial score (nSPS) is 12.4. The van der Waals surface area contributed by atoms with Gasteiger partial charge in [0.15, 0.2) is 5.96 Å². The fourth-order valence-corrected chi connectivity index (χ4v) is 3.67. The number of nitrogens with zero attached hydrogens (tertiary/aromatic N) is 3. The Morgan fingerprint density at radius 3 is 2.68 bits per heavy atom. The topological polar surface area (TPSA) is 53.7 Å².